The van der Waals surface area contributed by atoms with E-state index in [9.17, 15) is 0 Å². The molecular formula is C21H27N5. The van der Waals surface area contributed by atoms with Crippen LogP contribution in [0.2, 0.25) is 0 Å². The molecule has 2 unspecified atom stereocenters. The second kappa shape index (κ2) is 6.54. The molecule has 3 aliphatic rings. The number of aromatic nitrogens is 2. The maximum atomic E-state index is 6.18. The van der Waals surface area contributed by atoms with Crippen LogP contribution in [-0.2, 0) is 12.8 Å². The maximum Gasteiger partial charge on any atom is 0.222 e. The first-order chi connectivity index (χ1) is 12.8. The minimum Gasteiger partial charge on any atom is -0.368 e. The smallest absolute Gasteiger partial charge is 0.222 e. The van der Waals surface area contributed by atoms with E-state index in [4.69, 9.17) is 10.7 Å². The van der Waals surface area contributed by atoms with E-state index >= 15 is 0 Å². The number of nitrogens with zero attached hydrogens (tertiary/aromatic N) is 3. The van der Waals surface area contributed by atoms with Gasteiger partial charge in [0.05, 0.1) is 5.69 Å². The fraction of sp³-hybridized carbons (Fsp3) is 0.524. The second-order valence-electron chi connectivity index (χ2n) is 8.01. The molecule has 5 nitrogen and oxygen atoms in total. The van der Waals surface area contributed by atoms with Crippen molar-refractivity contribution in [2.45, 2.75) is 32.1 Å². The van der Waals surface area contributed by atoms with Crippen LogP contribution in [0.1, 0.15) is 30.4 Å². The monoisotopic (exact) mass is 349 g/mol. The SMILES string of the molecule is Nc1nc2c(c(N3CCCC4CNCC4C3)n1)CCCc1ccccc1-2. The molecule has 2 fully saturated rings. The number of rotatable bonds is 1. The van der Waals surface area contributed by atoms with Crippen LogP contribution in [-0.4, -0.2) is 36.1 Å². The second-order valence-corrected chi connectivity index (χ2v) is 8.01. The normalized spacial score (nSPS) is 25.0. The Kier molecular flexibility index (Phi) is 4.04. The number of hydrogen-bond donors (Lipinski definition) is 2. The summed E-state index contributed by atoms with van der Waals surface area (Å²) in [5, 5.41) is 3.58. The molecule has 0 amide bonds. The van der Waals surface area contributed by atoms with Crippen molar-refractivity contribution in [2.24, 2.45) is 11.8 Å². The number of fused-ring (bicyclic) bond motifs is 4. The standard InChI is InChI=1S/C21H27N5/c22-21-24-19-17-8-2-1-5-14(17)6-3-9-18(19)20(25-21)26-10-4-7-15-11-23-12-16(15)13-26/h1-2,5,8,15-16,23H,3-4,6-7,9-13H2,(H2,22,24,25). The molecule has 1 aromatic carbocycles. The van der Waals surface area contributed by atoms with Gasteiger partial charge in [0.25, 0.3) is 0 Å². The number of hydrogen-bond acceptors (Lipinski definition) is 5. The average molecular weight is 349 g/mol. The van der Waals surface area contributed by atoms with Gasteiger partial charge in [0, 0.05) is 24.2 Å². The van der Waals surface area contributed by atoms with E-state index in [1.165, 1.54) is 36.1 Å². The van der Waals surface area contributed by atoms with Gasteiger partial charge in [-0.05, 0) is 62.6 Å². The molecule has 2 saturated heterocycles. The lowest BCUT2D eigenvalue weighted by molar-refractivity contribution is 0.421. The van der Waals surface area contributed by atoms with E-state index in [0.717, 1.165) is 62.2 Å². The summed E-state index contributed by atoms with van der Waals surface area (Å²) in [4.78, 5) is 11.9. The van der Waals surface area contributed by atoms with Crippen LogP contribution in [0.25, 0.3) is 11.3 Å². The van der Waals surface area contributed by atoms with E-state index in [1.807, 2.05) is 0 Å². The summed E-state index contributed by atoms with van der Waals surface area (Å²) in [6.07, 6.45) is 5.83. The number of aryl methyl sites for hydroxylation is 1. The highest BCUT2D eigenvalue weighted by Gasteiger charge is 2.33. The highest BCUT2D eigenvalue weighted by atomic mass is 15.2. The molecule has 136 valence electrons. The van der Waals surface area contributed by atoms with Crippen molar-refractivity contribution in [1.29, 1.82) is 0 Å². The minimum absolute atomic E-state index is 0.404. The molecule has 1 aliphatic carbocycles. The van der Waals surface area contributed by atoms with Crippen LogP contribution in [0.4, 0.5) is 11.8 Å². The Morgan fingerprint density at radius 3 is 2.88 bits per heavy atom. The predicted octanol–water partition coefficient (Wildman–Crippen LogP) is 2.65. The van der Waals surface area contributed by atoms with Gasteiger partial charge in [-0.3, -0.25) is 0 Å². The molecule has 2 atom stereocenters. The van der Waals surface area contributed by atoms with Gasteiger partial charge in [0.1, 0.15) is 5.82 Å². The van der Waals surface area contributed by atoms with E-state index in [-0.39, 0.29) is 0 Å². The molecule has 5 heteroatoms. The summed E-state index contributed by atoms with van der Waals surface area (Å²) in [6.45, 7) is 4.47. The molecule has 0 saturated carbocycles. The molecule has 3 heterocycles. The summed E-state index contributed by atoms with van der Waals surface area (Å²) in [6, 6.07) is 8.64. The van der Waals surface area contributed by atoms with Gasteiger partial charge in [0.15, 0.2) is 0 Å². The van der Waals surface area contributed by atoms with Gasteiger partial charge >= 0.3 is 0 Å². The van der Waals surface area contributed by atoms with Crippen LogP contribution >= 0.6 is 0 Å². The largest absolute Gasteiger partial charge is 0.368 e. The van der Waals surface area contributed by atoms with Gasteiger partial charge < -0.3 is 16.0 Å². The summed E-state index contributed by atoms with van der Waals surface area (Å²) in [5.41, 5.74) is 11.2. The maximum absolute atomic E-state index is 6.18. The molecule has 3 N–H and O–H groups in total. The van der Waals surface area contributed by atoms with Crippen LogP contribution in [0.5, 0.6) is 0 Å². The lowest BCUT2D eigenvalue weighted by atomic mass is 9.93. The van der Waals surface area contributed by atoms with Crippen molar-refractivity contribution in [2.75, 3.05) is 36.8 Å². The van der Waals surface area contributed by atoms with Crippen molar-refractivity contribution in [3.05, 3.63) is 35.4 Å². The first-order valence-electron chi connectivity index (χ1n) is 10.00. The third-order valence-electron chi connectivity index (χ3n) is 6.39. The zero-order chi connectivity index (χ0) is 17.5. The molecule has 1 aromatic heterocycles. The Bertz CT molecular complexity index is 818. The quantitative estimate of drug-likeness (QED) is 0.828. The predicted molar refractivity (Wildman–Crippen MR) is 105 cm³/mol. The number of nitrogens with two attached hydrogens (primary N) is 1. The average Bonchev–Trinajstić information content (AvgIpc) is 2.88. The first-order valence-corrected chi connectivity index (χ1v) is 10.00. The highest BCUT2D eigenvalue weighted by Crippen LogP contribution is 2.37. The molecule has 0 bridgehead atoms. The van der Waals surface area contributed by atoms with E-state index in [1.54, 1.807) is 0 Å². The third-order valence-corrected chi connectivity index (χ3v) is 6.39. The first kappa shape index (κ1) is 16.1. The summed E-state index contributed by atoms with van der Waals surface area (Å²) in [5.74, 6) is 3.04. The Labute approximate surface area is 155 Å². The molecule has 2 aliphatic heterocycles. The lowest BCUT2D eigenvalue weighted by Crippen LogP contribution is -2.32. The zero-order valence-electron chi connectivity index (χ0n) is 15.2. The Balaban J connectivity index is 1.59. The minimum atomic E-state index is 0.404. The summed E-state index contributed by atoms with van der Waals surface area (Å²) < 4.78 is 0. The fourth-order valence-corrected chi connectivity index (χ4v) is 5.08. The Morgan fingerprint density at radius 1 is 1.04 bits per heavy atom. The Hall–Kier alpha value is -2.14. The molecule has 0 radical (unpaired) electrons. The highest BCUT2D eigenvalue weighted by molar-refractivity contribution is 5.74. The van der Waals surface area contributed by atoms with E-state index in [2.05, 4.69) is 39.5 Å². The number of benzene rings is 1. The van der Waals surface area contributed by atoms with Gasteiger partial charge in [-0.2, -0.15) is 4.98 Å². The molecule has 0 spiro atoms. The van der Waals surface area contributed by atoms with Crippen LogP contribution in [0, 0.1) is 11.8 Å². The van der Waals surface area contributed by atoms with Crippen LogP contribution < -0.4 is 16.0 Å². The van der Waals surface area contributed by atoms with Crippen molar-refractivity contribution < 1.29 is 0 Å². The molecule has 2 aromatic rings. The molecular weight excluding hydrogens is 322 g/mol. The van der Waals surface area contributed by atoms with E-state index in [0.29, 0.717) is 5.95 Å². The summed E-state index contributed by atoms with van der Waals surface area (Å²) >= 11 is 0. The summed E-state index contributed by atoms with van der Waals surface area (Å²) in [7, 11) is 0. The van der Waals surface area contributed by atoms with Crippen molar-refractivity contribution >= 4 is 11.8 Å². The van der Waals surface area contributed by atoms with Crippen molar-refractivity contribution in [3.63, 3.8) is 0 Å². The zero-order valence-corrected chi connectivity index (χ0v) is 15.2. The number of nitrogens with one attached hydrogen (secondary N) is 1. The van der Waals surface area contributed by atoms with Crippen LogP contribution in [0.3, 0.4) is 0 Å². The van der Waals surface area contributed by atoms with E-state index < -0.39 is 0 Å². The van der Waals surface area contributed by atoms with Crippen LogP contribution in [0.15, 0.2) is 24.3 Å². The topological polar surface area (TPSA) is 67.1 Å². The van der Waals surface area contributed by atoms with Gasteiger partial charge in [-0.1, -0.05) is 24.3 Å². The van der Waals surface area contributed by atoms with Gasteiger partial charge in [-0.15, -0.1) is 0 Å². The fourth-order valence-electron chi connectivity index (χ4n) is 5.08. The molecule has 5 rings (SSSR count). The Morgan fingerprint density at radius 2 is 1.92 bits per heavy atom. The van der Waals surface area contributed by atoms with Gasteiger partial charge in [-0.25, -0.2) is 4.98 Å². The number of anilines is 2. The van der Waals surface area contributed by atoms with Crippen molar-refractivity contribution in [1.82, 2.24) is 15.3 Å². The number of nitrogen functional groups attached to an aromatic ring is 1. The third kappa shape index (κ3) is 2.75. The van der Waals surface area contributed by atoms with Crippen molar-refractivity contribution in [3.8, 4) is 11.3 Å². The van der Waals surface area contributed by atoms with Gasteiger partial charge in [0.2, 0.25) is 5.95 Å². The molecule has 26 heavy (non-hydrogen) atoms. The lowest BCUT2D eigenvalue weighted by Gasteiger charge is -2.28.